The van der Waals surface area contributed by atoms with E-state index in [1.54, 1.807) is 4.57 Å². The van der Waals surface area contributed by atoms with Gasteiger partial charge in [0.2, 0.25) is 5.62 Å². The number of carbonyl (C=O) groups is 1. The molecular weight excluding hydrogens is 318 g/mol. The van der Waals surface area contributed by atoms with Crippen molar-refractivity contribution in [3.63, 3.8) is 0 Å². The van der Waals surface area contributed by atoms with Gasteiger partial charge in [0.05, 0.1) is 17.6 Å². The number of fused-ring (bicyclic) bond motifs is 1. The van der Waals surface area contributed by atoms with E-state index in [4.69, 9.17) is 5.41 Å². The third-order valence-electron chi connectivity index (χ3n) is 3.43. The van der Waals surface area contributed by atoms with Crippen LogP contribution in [0, 0.1) is 10.8 Å². The molecule has 0 radical (unpaired) electrons. The fraction of sp³-hybridized carbons (Fsp3) is 0.467. The fourth-order valence-corrected chi connectivity index (χ4v) is 2.16. The summed E-state index contributed by atoms with van der Waals surface area (Å²) < 4.78 is 3.72. The van der Waals surface area contributed by atoms with Crippen molar-refractivity contribution in [3.8, 4) is 0 Å². The summed E-state index contributed by atoms with van der Waals surface area (Å²) in [5, 5.41) is 8.25. The van der Waals surface area contributed by atoms with Crippen LogP contribution in [0.15, 0.2) is 24.3 Å². The zero-order valence-corrected chi connectivity index (χ0v) is 14.1. The van der Waals surface area contributed by atoms with Crippen LogP contribution in [-0.4, -0.2) is 14.9 Å². The molecule has 1 aromatic carbocycles. The number of carbonyl (C=O) groups excluding carboxylic acids is 1. The van der Waals surface area contributed by atoms with E-state index >= 15 is 0 Å². The molecule has 1 aromatic heterocycles. The molecule has 2 rings (SSSR count). The van der Waals surface area contributed by atoms with E-state index in [1.165, 1.54) is 0 Å². The molecule has 0 amide bonds. The first-order valence-corrected chi connectivity index (χ1v) is 6.62. The number of imidazole rings is 1. The molecule has 110 valence electrons. The van der Waals surface area contributed by atoms with Crippen molar-refractivity contribution in [1.29, 1.82) is 5.41 Å². The molecule has 2 aromatic rings. The number of benzene rings is 1. The third-order valence-corrected chi connectivity index (χ3v) is 3.43. The van der Waals surface area contributed by atoms with Crippen LogP contribution in [0.4, 0.5) is 0 Å². The second-order valence-electron chi connectivity index (χ2n) is 5.82. The fourth-order valence-electron chi connectivity index (χ4n) is 2.16. The van der Waals surface area contributed by atoms with Crippen LogP contribution in [0.2, 0.25) is 0 Å². The molecule has 0 atom stereocenters. The Morgan fingerprint density at radius 3 is 2.10 bits per heavy atom. The molecule has 0 fully saturated rings. The van der Waals surface area contributed by atoms with E-state index in [-0.39, 0.29) is 34.7 Å². The number of aromatic nitrogens is 2. The van der Waals surface area contributed by atoms with Crippen LogP contribution >= 0.6 is 17.0 Å². The highest BCUT2D eigenvalue weighted by Gasteiger charge is 2.23. The first-order chi connectivity index (χ1) is 8.86. The van der Waals surface area contributed by atoms with Crippen molar-refractivity contribution in [2.75, 3.05) is 0 Å². The number of hydrogen-bond donors (Lipinski definition) is 1. The maximum absolute atomic E-state index is 12.2. The summed E-state index contributed by atoms with van der Waals surface area (Å²) in [7, 11) is 0. The predicted molar refractivity (Wildman–Crippen MR) is 86.2 cm³/mol. The number of halogens is 1. The number of nitrogens with one attached hydrogen (secondary N) is 1. The van der Waals surface area contributed by atoms with E-state index in [0.29, 0.717) is 5.62 Å². The molecule has 20 heavy (non-hydrogen) atoms. The summed E-state index contributed by atoms with van der Waals surface area (Å²) >= 11 is 0. The zero-order chi connectivity index (χ0) is 14.2. The summed E-state index contributed by atoms with van der Waals surface area (Å²) in [5.74, 6) is 0.144. The minimum atomic E-state index is -0.380. The van der Waals surface area contributed by atoms with Crippen LogP contribution in [0.3, 0.4) is 0 Å². The molecule has 0 aliphatic heterocycles. The number of para-hydroxylation sites is 2. The molecule has 0 unspecified atom stereocenters. The molecule has 0 saturated carbocycles. The molecule has 1 N–H and O–H groups in total. The largest absolute Gasteiger partial charge is 0.311 e. The smallest absolute Gasteiger partial charge is 0.203 e. The minimum Gasteiger partial charge on any atom is -0.311 e. The maximum atomic E-state index is 12.2. The predicted octanol–water partition coefficient (Wildman–Crippen LogP) is 3.14. The lowest BCUT2D eigenvalue weighted by Crippen LogP contribution is -2.31. The summed E-state index contributed by atoms with van der Waals surface area (Å²) in [5.41, 5.74) is 1.97. The van der Waals surface area contributed by atoms with E-state index in [2.05, 4.69) is 0 Å². The third kappa shape index (κ3) is 2.87. The average molecular weight is 340 g/mol. The Bertz CT molecular complexity index is 676. The van der Waals surface area contributed by atoms with Gasteiger partial charge in [0.25, 0.3) is 0 Å². The van der Waals surface area contributed by atoms with Gasteiger partial charge in [-0.15, -0.1) is 17.0 Å². The molecule has 4 nitrogen and oxygen atoms in total. The summed E-state index contributed by atoms with van der Waals surface area (Å²) in [6.45, 7) is 8.75. The standard InChI is InChI=1S/C15H21N3O.BrH/c1-5-17-11-8-6-7-9-12(11)18(14(17)16)10-13(19)15(2,3)4;/h6-9,16H,5,10H2,1-4H3;1H. The molecule has 1 heterocycles. The normalized spacial score (nSPS) is 11.4. The lowest BCUT2D eigenvalue weighted by molar-refractivity contribution is -0.126. The van der Waals surface area contributed by atoms with Gasteiger partial charge in [0.15, 0.2) is 5.78 Å². The molecule has 0 bridgehead atoms. The first kappa shape index (κ1) is 16.7. The summed E-state index contributed by atoms with van der Waals surface area (Å²) in [6, 6.07) is 7.87. The minimum absolute atomic E-state index is 0. The highest BCUT2D eigenvalue weighted by atomic mass is 79.9. The van der Waals surface area contributed by atoms with Crippen LogP contribution in [0.25, 0.3) is 11.0 Å². The van der Waals surface area contributed by atoms with Crippen molar-refractivity contribution in [3.05, 3.63) is 29.9 Å². The highest BCUT2D eigenvalue weighted by molar-refractivity contribution is 8.93. The Hall–Kier alpha value is -1.36. The van der Waals surface area contributed by atoms with Crippen LogP contribution in [0.1, 0.15) is 27.7 Å². The van der Waals surface area contributed by atoms with Crippen LogP contribution < -0.4 is 5.62 Å². The lowest BCUT2D eigenvalue weighted by Gasteiger charge is -2.17. The van der Waals surface area contributed by atoms with E-state index < -0.39 is 0 Å². The van der Waals surface area contributed by atoms with Gasteiger partial charge in [-0.2, -0.15) is 0 Å². The van der Waals surface area contributed by atoms with Gasteiger partial charge < -0.3 is 9.13 Å². The number of rotatable bonds is 3. The SMILES string of the molecule is Br.CCn1c(=N)n(CC(=O)C(C)(C)C)c2ccccc21. The van der Waals surface area contributed by atoms with Crippen molar-refractivity contribution < 1.29 is 4.79 Å². The summed E-state index contributed by atoms with van der Waals surface area (Å²) in [4.78, 5) is 12.2. The number of Topliss-reactive ketones (excluding diaryl/α,β-unsaturated/α-hetero) is 1. The van der Waals surface area contributed by atoms with E-state index in [0.717, 1.165) is 17.6 Å². The van der Waals surface area contributed by atoms with Crippen molar-refractivity contribution in [1.82, 2.24) is 9.13 Å². The van der Waals surface area contributed by atoms with E-state index in [9.17, 15) is 4.79 Å². The second kappa shape index (κ2) is 5.95. The van der Waals surface area contributed by atoms with Crippen LogP contribution in [-0.2, 0) is 17.9 Å². The van der Waals surface area contributed by atoms with Gasteiger partial charge in [0.1, 0.15) is 0 Å². The topological polar surface area (TPSA) is 50.8 Å². The molecule has 5 heteroatoms. The van der Waals surface area contributed by atoms with Gasteiger partial charge in [0, 0.05) is 12.0 Å². The zero-order valence-electron chi connectivity index (χ0n) is 12.4. The average Bonchev–Trinajstić information content (AvgIpc) is 2.61. The Morgan fingerprint density at radius 1 is 1.15 bits per heavy atom. The lowest BCUT2D eigenvalue weighted by atomic mass is 9.91. The van der Waals surface area contributed by atoms with Crippen molar-refractivity contribution in [2.24, 2.45) is 5.41 Å². The molecule has 0 spiro atoms. The maximum Gasteiger partial charge on any atom is 0.203 e. The van der Waals surface area contributed by atoms with Crippen molar-refractivity contribution >= 4 is 33.8 Å². The molecular formula is C15H22BrN3O. The Balaban J connectivity index is 0.00000200. The monoisotopic (exact) mass is 339 g/mol. The Labute approximate surface area is 129 Å². The number of nitrogens with zero attached hydrogens (tertiary/aromatic N) is 2. The second-order valence-corrected chi connectivity index (χ2v) is 5.82. The molecule has 0 aliphatic rings. The van der Waals surface area contributed by atoms with Gasteiger partial charge in [-0.05, 0) is 19.1 Å². The van der Waals surface area contributed by atoms with Gasteiger partial charge in [-0.1, -0.05) is 32.9 Å². The first-order valence-electron chi connectivity index (χ1n) is 6.62. The molecule has 0 aliphatic carbocycles. The summed E-state index contributed by atoms with van der Waals surface area (Å²) in [6.07, 6.45) is 0. The molecule has 0 saturated heterocycles. The van der Waals surface area contributed by atoms with Gasteiger partial charge in [-0.3, -0.25) is 10.2 Å². The Morgan fingerprint density at radius 2 is 1.65 bits per heavy atom. The van der Waals surface area contributed by atoms with Gasteiger partial charge >= 0.3 is 0 Å². The number of aryl methyl sites for hydroxylation is 1. The van der Waals surface area contributed by atoms with Crippen molar-refractivity contribution in [2.45, 2.75) is 40.8 Å². The number of hydrogen-bond acceptors (Lipinski definition) is 2. The highest BCUT2D eigenvalue weighted by Crippen LogP contribution is 2.18. The number of ketones is 1. The quantitative estimate of drug-likeness (QED) is 0.917. The van der Waals surface area contributed by atoms with E-state index in [1.807, 2.05) is 56.5 Å². The Kier molecular flexibility index (Phi) is 4.97. The van der Waals surface area contributed by atoms with Gasteiger partial charge in [-0.25, -0.2) is 0 Å². The van der Waals surface area contributed by atoms with Crippen LogP contribution in [0.5, 0.6) is 0 Å².